The quantitative estimate of drug-likeness (QED) is 0.547. The molecule has 0 spiro atoms. The Balaban J connectivity index is 2.87. The van der Waals surface area contributed by atoms with Crippen molar-refractivity contribution in [1.29, 1.82) is 5.41 Å². The van der Waals surface area contributed by atoms with Gasteiger partial charge in [0.15, 0.2) is 0 Å². The number of benzene rings is 1. The van der Waals surface area contributed by atoms with Crippen LogP contribution < -0.4 is 0 Å². The molecule has 0 aliphatic carbocycles. The first-order valence-electron chi connectivity index (χ1n) is 4.38. The molecule has 1 rings (SSSR count). The van der Waals surface area contributed by atoms with Crippen molar-refractivity contribution in [2.45, 2.75) is 19.8 Å². The third-order valence-electron chi connectivity index (χ3n) is 2.04. The van der Waals surface area contributed by atoms with Crippen molar-refractivity contribution in [2.75, 3.05) is 7.11 Å². The summed E-state index contributed by atoms with van der Waals surface area (Å²) in [4.78, 5) is 0. The van der Waals surface area contributed by atoms with E-state index >= 15 is 0 Å². The standard InChI is InChI=1S/C11H15NO/c1-8(2)9-4-6-10(7-5-9)11(12)13-3/h4-8,12H,1-3H3. The molecule has 70 valence electrons. The van der Waals surface area contributed by atoms with Crippen molar-refractivity contribution in [3.63, 3.8) is 0 Å². The maximum Gasteiger partial charge on any atom is 0.212 e. The molecular weight excluding hydrogens is 162 g/mol. The second-order valence-electron chi connectivity index (χ2n) is 3.31. The Morgan fingerprint density at radius 2 is 1.77 bits per heavy atom. The van der Waals surface area contributed by atoms with Crippen LogP contribution in [0.15, 0.2) is 24.3 Å². The van der Waals surface area contributed by atoms with E-state index < -0.39 is 0 Å². The van der Waals surface area contributed by atoms with Gasteiger partial charge in [-0.15, -0.1) is 0 Å². The van der Waals surface area contributed by atoms with Crippen LogP contribution in [0.3, 0.4) is 0 Å². The summed E-state index contributed by atoms with van der Waals surface area (Å²) in [5.74, 6) is 0.751. The lowest BCUT2D eigenvalue weighted by atomic mass is 10.0. The summed E-state index contributed by atoms with van der Waals surface area (Å²) in [5.41, 5.74) is 2.11. The van der Waals surface area contributed by atoms with Crippen molar-refractivity contribution in [3.05, 3.63) is 35.4 Å². The molecule has 0 atom stereocenters. The molecule has 1 N–H and O–H groups in total. The molecule has 2 nitrogen and oxygen atoms in total. The highest BCUT2D eigenvalue weighted by Gasteiger charge is 2.02. The minimum atomic E-state index is 0.218. The van der Waals surface area contributed by atoms with Crippen molar-refractivity contribution in [3.8, 4) is 0 Å². The first-order chi connectivity index (χ1) is 6.15. The topological polar surface area (TPSA) is 33.1 Å². The van der Waals surface area contributed by atoms with Crippen LogP contribution in [0, 0.1) is 5.41 Å². The van der Waals surface area contributed by atoms with Gasteiger partial charge in [0.25, 0.3) is 0 Å². The second-order valence-corrected chi connectivity index (χ2v) is 3.31. The summed E-state index contributed by atoms with van der Waals surface area (Å²) in [6, 6.07) is 7.91. The Hall–Kier alpha value is -1.31. The van der Waals surface area contributed by atoms with Crippen LogP contribution in [0.1, 0.15) is 30.9 Å². The molecule has 0 unspecified atom stereocenters. The largest absolute Gasteiger partial charge is 0.481 e. The molecular formula is C11H15NO. The molecule has 1 aromatic rings. The van der Waals surface area contributed by atoms with E-state index in [4.69, 9.17) is 10.1 Å². The van der Waals surface area contributed by atoms with Crippen LogP contribution in [-0.4, -0.2) is 13.0 Å². The number of ether oxygens (including phenoxy) is 1. The predicted molar refractivity (Wildman–Crippen MR) is 54.4 cm³/mol. The summed E-state index contributed by atoms with van der Waals surface area (Å²) in [7, 11) is 1.51. The molecule has 0 amide bonds. The molecule has 0 aliphatic rings. The molecule has 0 heterocycles. The fourth-order valence-electron chi connectivity index (χ4n) is 1.14. The summed E-state index contributed by atoms with van der Waals surface area (Å²) in [6.07, 6.45) is 0. The summed E-state index contributed by atoms with van der Waals surface area (Å²) < 4.78 is 4.82. The van der Waals surface area contributed by atoms with E-state index in [0.29, 0.717) is 5.92 Å². The van der Waals surface area contributed by atoms with Gasteiger partial charge in [-0.3, -0.25) is 5.41 Å². The van der Waals surface area contributed by atoms with Gasteiger partial charge >= 0.3 is 0 Å². The summed E-state index contributed by atoms with van der Waals surface area (Å²) in [5, 5.41) is 7.43. The third kappa shape index (κ3) is 2.31. The number of hydrogen-bond donors (Lipinski definition) is 1. The van der Waals surface area contributed by atoms with Gasteiger partial charge in [0.2, 0.25) is 5.90 Å². The lowest BCUT2D eigenvalue weighted by Gasteiger charge is -2.06. The fraction of sp³-hybridized carbons (Fsp3) is 0.364. The van der Waals surface area contributed by atoms with Gasteiger partial charge in [-0.1, -0.05) is 26.0 Å². The lowest BCUT2D eigenvalue weighted by molar-refractivity contribution is 0.401. The number of methoxy groups -OCH3 is 1. The van der Waals surface area contributed by atoms with Gasteiger partial charge in [-0.2, -0.15) is 0 Å². The van der Waals surface area contributed by atoms with E-state index in [9.17, 15) is 0 Å². The molecule has 0 saturated carbocycles. The molecule has 13 heavy (non-hydrogen) atoms. The van der Waals surface area contributed by atoms with E-state index in [1.165, 1.54) is 12.7 Å². The minimum absolute atomic E-state index is 0.218. The molecule has 0 saturated heterocycles. The monoisotopic (exact) mass is 177 g/mol. The van der Waals surface area contributed by atoms with Crippen molar-refractivity contribution in [2.24, 2.45) is 0 Å². The maximum atomic E-state index is 7.43. The average Bonchev–Trinajstić information content (AvgIpc) is 2.17. The van der Waals surface area contributed by atoms with E-state index in [-0.39, 0.29) is 5.90 Å². The molecule has 0 fully saturated rings. The zero-order valence-corrected chi connectivity index (χ0v) is 8.29. The second kappa shape index (κ2) is 4.08. The average molecular weight is 177 g/mol. The Bertz CT molecular complexity index is 287. The Labute approximate surface area is 79.1 Å². The number of rotatable bonds is 2. The lowest BCUT2D eigenvalue weighted by Crippen LogP contribution is -2.01. The van der Waals surface area contributed by atoms with Gasteiger partial charge in [-0.25, -0.2) is 0 Å². The molecule has 1 aromatic carbocycles. The van der Waals surface area contributed by atoms with Crippen molar-refractivity contribution >= 4 is 5.90 Å². The fourth-order valence-corrected chi connectivity index (χ4v) is 1.14. The van der Waals surface area contributed by atoms with Crippen LogP contribution in [0.2, 0.25) is 0 Å². The first-order valence-corrected chi connectivity index (χ1v) is 4.38. The summed E-state index contributed by atoms with van der Waals surface area (Å²) >= 11 is 0. The van der Waals surface area contributed by atoms with E-state index in [1.54, 1.807) is 0 Å². The van der Waals surface area contributed by atoms with Crippen molar-refractivity contribution in [1.82, 2.24) is 0 Å². The number of hydrogen-bond acceptors (Lipinski definition) is 2. The number of nitrogens with one attached hydrogen (secondary N) is 1. The van der Waals surface area contributed by atoms with Gasteiger partial charge in [-0.05, 0) is 23.6 Å². The summed E-state index contributed by atoms with van der Waals surface area (Å²) in [6.45, 7) is 4.30. The van der Waals surface area contributed by atoms with Gasteiger partial charge in [0.05, 0.1) is 7.11 Å². The zero-order valence-electron chi connectivity index (χ0n) is 8.29. The predicted octanol–water partition coefficient (Wildman–Crippen LogP) is 2.78. The van der Waals surface area contributed by atoms with E-state index in [2.05, 4.69) is 13.8 Å². The SMILES string of the molecule is COC(=N)c1ccc(C(C)C)cc1. The molecule has 0 bridgehead atoms. The highest BCUT2D eigenvalue weighted by Crippen LogP contribution is 2.14. The highest BCUT2D eigenvalue weighted by molar-refractivity contribution is 5.91. The zero-order chi connectivity index (χ0) is 9.84. The normalized spacial score (nSPS) is 10.2. The van der Waals surface area contributed by atoms with Gasteiger partial charge in [0.1, 0.15) is 0 Å². The minimum Gasteiger partial charge on any atom is -0.481 e. The van der Waals surface area contributed by atoms with Crippen LogP contribution in [-0.2, 0) is 4.74 Å². The van der Waals surface area contributed by atoms with Gasteiger partial charge < -0.3 is 4.74 Å². The highest BCUT2D eigenvalue weighted by atomic mass is 16.5. The molecule has 0 aliphatic heterocycles. The molecule has 0 aromatic heterocycles. The van der Waals surface area contributed by atoms with Crippen LogP contribution in [0.25, 0.3) is 0 Å². The maximum absolute atomic E-state index is 7.43. The third-order valence-corrected chi connectivity index (χ3v) is 2.04. The van der Waals surface area contributed by atoms with Crippen LogP contribution in [0.4, 0.5) is 0 Å². The van der Waals surface area contributed by atoms with Gasteiger partial charge in [0, 0.05) is 5.56 Å². The van der Waals surface area contributed by atoms with Crippen molar-refractivity contribution < 1.29 is 4.74 Å². The smallest absolute Gasteiger partial charge is 0.212 e. The van der Waals surface area contributed by atoms with E-state index in [0.717, 1.165) is 5.56 Å². The molecule has 2 heteroatoms. The van der Waals surface area contributed by atoms with Crippen LogP contribution in [0.5, 0.6) is 0 Å². The Kier molecular flexibility index (Phi) is 3.07. The Morgan fingerprint density at radius 1 is 1.23 bits per heavy atom. The Morgan fingerprint density at radius 3 is 2.15 bits per heavy atom. The molecule has 0 radical (unpaired) electrons. The first kappa shape index (κ1) is 9.78. The van der Waals surface area contributed by atoms with E-state index in [1.807, 2.05) is 24.3 Å². The van der Waals surface area contributed by atoms with Crippen LogP contribution >= 0.6 is 0 Å².